The summed E-state index contributed by atoms with van der Waals surface area (Å²) in [6.45, 7) is 0.768. The topological polar surface area (TPSA) is 67.3 Å². The van der Waals surface area contributed by atoms with E-state index in [2.05, 4.69) is 15.5 Å². The van der Waals surface area contributed by atoms with Crippen LogP contribution in [0, 0.1) is 0 Å². The third kappa shape index (κ3) is 2.85. The van der Waals surface area contributed by atoms with Crippen LogP contribution in [0.25, 0.3) is 10.6 Å². The Hall–Kier alpha value is -1.66. The normalized spacial score (nSPS) is 14.6. The first-order valence-corrected chi connectivity index (χ1v) is 7.01. The number of methoxy groups -OCH3 is 1. The van der Waals surface area contributed by atoms with Crippen molar-refractivity contribution in [1.29, 1.82) is 0 Å². The van der Waals surface area contributed by atoms with Gasteiger partial charge in [0.15, 0.2) is 11.5 Å². The first-order chi connectivity index (χ1) is 9.26. The Bertz CT molecular complexity index is 581. The number of phenolic OH excluding ortho intramolecular Hbond substituents is 1. The van der Waals surface area contributed by atoms with Crippen molar-refractivity contribution in [2.24, 2.45) is 0 Å². The van der Waals surface area contributed by atoms with Crippen molar-refractivity contribution in [3.05, 3.63) is 23.2 Å². The summed E-state index contributed by atoms with van der Waals surface area (Å²) in [5.41, 5.74) is 0.855. The van der Waals surface area contributed by atoms with Gasteiger partial charge in [-0.1, -0.05) is 11.3 Å². The highest BCUT2D eigenvalue weighted by molar-refractivity contribution is 7.14. The number of nitrogens with one attached hydrogen (secondary N) is 1. The maximum Gasteiger partial charge on any atom is 0.160 e. The molecule has 1 saturated carbocycles. The molecule has 1 aliphatic carbocycles. The summed E-state index contributed by atoms with van der Waals surface area (Å²) in [6.07, 6.45) is 2.52. The fourth-order valence-corrected chi connectivity index (χ4v) is 2.57. The van der Waals surface area contributed by atoms with E-state index in [-0.39, 0.29) is 5.75 Å². The molecule has 2 aromatic rings. The molecule has 1 aromatic heterocycles. The van der Waals surface area contributed by atoms with Gasteiger partial charge in [-0.25, -0.2) is 0 Å². The number of aromatic nitrogens is 2. The molecule has 0 atom stereocenters. The van der Waals surface area contributed by atoms with Gasteiger partial charge < -0.3 is 15.2 Å². The Labute approximate surface area is 115 Å². The van der Waals surface area contributed by atoms with Crippen molar-refractivity contribution >= 4 is 11.3 Å². The largest absolute Gasteiger partial charge is 0.504 e. The van der Waals surface area contributed by atoms with E-state index < -0.39 is 0 Å². The number of aromatic hydroxyl groups is 1. The summed E-state index contributed by atoms with van der Waals surface area (Å²) >= 11 is 1.54. The van der Waals surface area contributed by atoms with E-state index in [1.165, 1.54) is 20.0 Å². The van der Waals surface area contributed by atoms with Gasteiger partial charge in [0.1, 0.15) is 10.0 Å². The molecule has 0 unspecified atom stereocenters. The Kier molecular flexibility index (Phi) is 3.35. The number of nitrogens with zero attached hydrogens (tertiary/aromatic N) is 2. The summed E-state index contributed by atoms with van der Waals surface area (Å²) in [5, 5.41) is 23.3. The van der Waals surface area contributed by atoms with Crippen LogP contribution in [0.5, 0.6) is 11.5 Å². The van der Waals surface area contributed by atoms with Crippen LogP contribution in [-0.2, 0) is 6.54 Å². The molecule has 1 aromatic carbocycles. The Morgan fingerprint density at radius 2 is 2.26 bits per heavy atom. The van der Waals surface area contributed by atoms with Gasteiger partial charge in [-0.05, 0) is 31.0 Å². The molecule has 1 fully saturated rings. The molecule has 100 valence electrons. The van der Waals surface area contributed by atoms with Crippen LogP contribution in [0.4, 0.5) is 0 Å². The minimum atomic E-state index is 0.118. The zero-order valence-electron chi connectivity index (χ0n) is 10.6. The van der Waals surface area contributed by atoms with Crippen molar-refractivity contribution < 1.29 is 9.84 Å². The van der Waals surface area contributed by atoms with Gasteiger partial charge in [0.05, 0.1) is 7.11 Å². The second kappa shape index (κ2) is 5.14. The summed E-state index contributed by atoms with van der Waals surface area (Å²) in [4.78, 5) is 0. The van der Waals surface area contributed by atoms with E-state index >= 15 is 0 Å². The minimum absolute atomic E-state index is 0.118. The monoisotopic (exact) mass is 277 g/mol. The molecule has 1 aliphatic rings. The van der Waals surface area contributed by atoms with Crippen LogP contribution < -0.4 is 10.1 Å². The lowest BCUT2D eigenvalue weighted by atomic mass is 10.2. The maximum absolute atomic E-state index is 9.76. The predicted octanol–water partition coefficient (Wildman–Crippen LogP) is 2.17. The quantitative estimate of drug-likeness (QED) is 0.876. The van der Waals surface area contributed by atoms with Crippen LogP contribution >= 0.6 is 11.3 Å². The van der Waals surface area contributed by atoms with Crippen LogP contribution in [0.3, 0.4) is 0 Å². The first-order valence-electron chi connectivity index (χ1n) is 6.19. The molecule has 6 heteroatoms. The molecule has 0 bridgehead atoms. The molecule has 0 spiro atoms. The summed E-state index contributed by atoms with van der Waals surface area (Å²) in [5.74, 6) is 0.580. The Balaban J connectivity index is 1.75. The molecular formula is C13H15N3O2S. The highest BCUT2D eigenvalue weighted by atomic mass is 32.1. The zero-order valence-corrected chi connectivity index (χ0v) is 11.4. The van der Waals surface area contributed by atoms with Gasteiger partial charge in [0.2, 0.25) is 0 Å². The highest BCUT2D eigenvalue weighted by Crippen LogP contribution is 2.32. The van der Waals surface area contributed by atoms with E-state index in [1.807, 2.05) is 6.07 Å². The maximum atomic E-state index is 9.76. The fourth-order valence-electron chi connectivity index (χ4n) is 1.78. The predicted molar refractivity (Wildman–Crippen MR) is 73.4 cm³/mol. The number of ether oxygens (including phenoxy) is 1. The van der Waals surface area contributed by atoms with Gasteiger partial charge in [0.25, 0.3) is 0 Å². The van der Waals surface area contributed by atoms with Crippen LogP contribution in [0.2, 0.25) is 0 Å². The van der Waals surface area contributed by atoms with Gasteiger partial charge in [0, 0.05) is 18.2 Å². The minimum Gasteiger partial charge on any atom is -0.504 e. The summed E-state index contributed by atoms with van der Waals surface area (Å²) < 4.78 is 5.02. The number of benzene rings is 1. The molecule has 0 radical (unpaired) electrons. The lowest BCUT2D eigenvalue weighted by Gasteiger charge is -2.03. The molecule has 3 rings (SSSR count). The average Bonchev–Trinajstić information content (AvgIpc) is 3.13. The van der Waals surface area contributed by atoms with Crippen molar-refractivity contribution in [1.82, 2.24) is 15.5 Å². The number of hydrogen-bond acceptors (Lipinski definition) is 6. The van der Waals surface area contributed by atoms with Crippen molar-refractivity contribution in [3.63, 3.8) is 0 Å². The molecular weight excluding hydrogens is 262 g/mol. The van der Waals surface area contributed by atoms with Crippen molar-refractivity contribution in [2.45, 2.75) is 25.4 Å². The van der Waals surface area contributed by atoms with Crippen LogP contribution in [0.1, 0.15) is 17.8 Å². The van der Waals surface area contributed by atoms with Gasteiger partial charge in [-0.15, -0.1) is 10.2 Å². The van der Waals surface area contributed by atoms with E-state index in [9.17, 15) is 5.11 Å². The highest BCUT2D eigenvalue weighted by Gasteiger charge is 2.20. The average molecular weight is 277 g/mol. The lowest BCUT2D eigenvalue weighted by molar-refractivity contribution is 0.373. The van der Waals surface area contributed by atoms with Crippen molar-refractivity contribution in [3.8, 4) is 22.1 Å². The zero-order chi connectivity index (χ0) is 13.2. The molecule has 0 amide bonds. The van der Waals surface area contributed by atoms with E-state index in [0.717, 1.165) is 22.1 Å². The molecule has 19 heavy (non-hydrogen) atoms. The Morgan fingerprint density at radius 1 is 1.42 bits per heavy atom. The SMILES string of the molecule is COc1ccc(-c2nnc(CNC3CC3)s2)cc1O. The van der Waals surface area contributed by atoms with E-state index in [0.29, 0.717) is 11.8 Å². The standard InChI is InChI=1S/C13H15N3O2S/c1-18-11-5-2-8(6-10(11)17)13-16-15-12(19-13)7-14-9-3-4-9/h2,5-6,9,14,17H,3-4,7H2,1H3. The molecule has 0 aliphatic heterocycles. The van der Waals surface area contributed by atoms with Gasteiger partial charge in [-0.2, -0.15) is 0 Å². The molecule has 0 saturated heterocycles. The molecule has 2 N–H and O–H groups in total. The third-order valence-electron chi connectivity index (χ3n) is 3.01. The number of hydrogen-bond donors (Lipinski definition) is 2. The first kappa shape index (κ1) is 12.4. The second-order valence-electron chi connectivity index (χ2n) is 4.54. The van der Waals surface area contributed by atoms with E-state index in [1.54, 1.807) is 23.5 Å². The van der Waals surface area contributed by atoms with Crippen LogP contribution in [-0.4, -0.2) is 28.5 Å². The number of phenols is 1. The Morgan fingerprint density at radius 3 is 2.95 bits per heavy atom. The number of rotatable bonds is 5. The smallest absolute Gasteiger partial charge is 0.160 e. The molecule has 1 heterocycles. The van der Waals surface area contributed by atoms with Crippen LogP contribution in [0.15, 0.2) is 18.2 Å². The second-order valence-corrected chi connectivity index (χ2v) is 5.60. The lowest BCUT2D eigenvalue weighted by Crippen LogP contribution is -2.14. The van der Waals surface area contributed by atoms with E-state index in [4.69, 9.17) is 4.74 Å². The van der Waals surface area contributed by atoms with Gasteiger partial charge >= 0.3 is 0 Å². The third-order valence-corrected chi connectivity index (χ3v) is 3.98. The summed E-state index contributed by atoms with van der Waals surface area (Å²) in [6, 6.07) is 5.92. The fraction of sp³-hybridized carbons (Fsp3) is 0.385. The van der Waals surface area contributed by atoms with Crippen molar-refractivity contribution in [2.75, 3.05) is 7.11 Å². The molecule has 5 nitrogen and oxygen atoms in total. The van der Waals surface area contributed by atoms with Gasteiger partial charge in [-0.3, -0.25) is 0 Å². The summed E-state index contributed by atoms with van der Waals surface area (Å²) in [7, 11) is 1.53.